The maximum absolute atomic E-state index is 14.3. The molecule has 2 fully saturated rings. The normalized spacial score (nSPS) is 19.8. The second-order valence-corrected chi connectivity index (χ2v) is 8.86. The van der Waals surface area contributed by atoms with Crippen LogP contribution in [0.5, 0.6) is 0 Å². The van der Waals surface area contributed by atoms with Crippen LogP contribution < -0.4 is 21.7 Å². The van der Waals surface area contributed by atoms with E-state index in [4.69, 9.17) is 5.73 Å². The molecule has 2 aromatic rings. The Labute approximate surface area is 189 Å². The van der Waals surface area contributed by atoms with Crippen molar-refractivity contribution < 1.29 is 4.39 Å². The first-order chi connectivity index (χ1) is 15.6. The van der Waals surface area contributed by atoms with Crippen LogP contribution in [-0.2, 0) is 0 Å². The summed E-state index contributed by atoms with van der Waals surface area (Å²) in [6, 6.07) is 4.99. The van der Waals surface area contributed by atoms with E-state index in [1.807, 2.05) is 0 Å². The summed E-state index contributed by atoms with van der Waals surface area (Å²) < 4.78 is 14.3. The SMILES string of the molecule is CCN1CCCC1CNc1nc(NCC2CCCCC2)nc(Nc2ccc(N)cc2F)n1. The number of benzene rings is 1. The predicted molar refractivity (Wildman–Crippen MR) is 128 cm³/mol. The maximum Gasteiger partial charge on any atom is 0.233 e. The van der Waals surface area contributed by atoms with Crippen molar-refractivity contribution in [1.82, 2.24) is 19.9 Å². The summed E-state index contributed by atoms with van der Waals surface area (Å²) in [6.07, 6.45) is 8.76. The number of likely N-dealkylation sites (N-methyl/N-ethyl adjacent to an activating group) is 1. The molecular formula is C23H35FN8. The average molecular weight is 443 g/mol. The quantitative estimate of drug-likeness (QED) is 0.428. The second-order valence-electron chi connectivity index (χ2n) is 8.86. The number of nitrogens with two attached hydrogens (primary N) is 1. The Morgan fingerprint density at radius 1 is 0.969 bits per heavy atom. The zero-order chi connectivity index (χ0) is 22.3. The summed E-state index contributed by atoms with van der Waals surface area (Å²) >= 11 is 0. The fourth-order valence-corrected chi connectivity index (χ4v) is 4.72. The Balaban J connectivity index is 1.48. The predicted octanol–water partition coefficient (Wildman–Crippen LogP) is 4.22. The number of hydrogen-bond acceptors (Lipinski definition) is 8. The minimum absolute atomic E-state index is 0.280. The highest BCUT2D eigenvalue weighted by Gasteiger charge is 2.23. The first-order valence-electron chi connectivity index (χ1n) is 11.9. The van der Waals surface area contributed by atoms with Crippen molar-refractivity contribution in [1.29, 1.82) is 0 Å². The summed E-state index contributed by atoms with van der Waals surface area (Å²) in [5.74, 6) is 1.49. The van der Waals surface area contributed by atoms with Crippen molar-refractivity contribution in [3.8, 4) is 0 Å². The van der Waals surface area contributed by atoms with Gasteiger partial charge in [-0.3, -0.25) is 4.90 Å². The smallest absolute Gasteiger partial charge is 0.233 e. The number of aromatic nitrogens is 3. The van der Waals surface area contributed by atoms with Gasteiger partial charge in [0.2, 0.25) is 17.8 Å². The van der Waals surface area contributed by atoms with Gasteiger partial charge in [-0.1, -0.05) is 26.2 Å². The molecule has 0 bridgehead atoms. The first-order valence-corrected chi connectivity index (χ1v) is 11.9. The van der Waals surface area contributed by atoms with Gasteiger partial charge < -0.3 is 21.7 Å². The van der Waals surface area contributed by atoms with Gasteiger partial charge in [0, 0.05) is 24.8 Å². The van der Waals surface area contributed by atoms with Gasteiger partial charge in [0.05, 0.1) is 5.69 Å². The Hall–Kier alpha value is -2.68. The zero-order valence-corrected chi connectivity index (χ0v) is 18.9. The van der Waals surface area contributed by atoms with E-state index in [1.54, 1.807) is 12.1 Å². The number of nitrogen functional groups attached to an aromatic ring is 1. The third-order valence-corrected chi connectivity index (χ3v) is 6.55. The average Bonchev–Trinajstić information content (AvgIpc) is 3.26. The number of rotatable bonds is 9. The van der Waals surface area contributed by atoms with Crippen LogP contribution in [0.4, 0.5) is 33.6 Å². The maximum atomic E-state index is 14.3. The van der Waals surface area contributed by atoms with Crippen LogP contribution in [0.2, 0.25) is 0 Å². The Morgan fingerprint density at radius 2 is 1.69 bits per heavy atom. The van der Waals surface area contributed by atoms with Crippen molar-refractivity contribution in [2.45, 2.75) is 57.9 Å². The van der Waals surface area contributed by atoms with Crippen molar-refractivity contribution in [3.63, 3.8) is 0 Å². The highest BCUT2D eigenvalue weighted by molar-refractivity contribution is 5.59. The zero-order valence-electron chi connectivity index (χ0n) is 18.9. The van der Waals surface area contributed by atoms with Gasteiger partial charge in [-0.2, -0.15) is 15.0 Å². The van der Waals surface area contributed by atoms with E-state index in [2.05, 4.69) is 42.7 Å². The molecule has 8 nitrogen and oxygen atoms in total. The Kier molecular flexibility index (Phi) is 7.57. The lowest BCUT2D eigenvalue weighted by atomic mass is 9.89. The molecule has 1 atom stereocenters. The van der Waals surface area contributed by atoms with Crippen molar-refractivity contribution in [3.05, 3.63) is 24.0 Å². The molecule has 1 saturated heterocycles. The van der Waals surface area contributed by atoms with Gasteiger partial charge in [-0.05, 0) is 62.9 Å². The molecule has 0 amide bonds. The standard InChI is InChI=1S/C23H35FN8/c1-2-32-12-6-9-18(32)15-27-22-29-21(26-14-16-7-4-3-5-8-16)30-23(31-22)28-20-11-10-17(25)13-19(20)24/h10-11,13,16,18H,2-9,12,14-15,25H2,1H3,(H3,26,27,28,29,30,31). The second kappa shape index (κ2) is 10.8. The lowest BCUT2D eigenvalue weighted by molar-refractivity contribution is 0.277. The van der Waals surface area contributed by atoms with Crippen LogP contribution in [0.15, 0.2) is 18.2 Å². The number of likely N-dealkylation sites (tertiary alicyclic amines) is 1. The van der Waals surface area contributed by atoms with Gasteiger partial charge >= 0.3 is 0 Å². The van der Waals surface area contributed by atoms with Crippen LogP contribution >= 0.6 is 0 Å². The molecule has 1 aliphatic carbocycles. The van der Waals surface area contributed by atoms with E-state index in [-0.39, 0.29) is 5.69 Å². The topological polar surface area (TPSA) is 104 Å². The molecular weight excluding hydrogens is 407 g/mol. The van der Waals surface area contributed by atoms with E-state index >= 15 is 0 Å². The molecule has 174 valence electrons. The molecule has 32 heavy (non-hydrogen) atoms. The van der Waals surface area contributed by atoms with E-state index < -0.39 is 5.82 Å². The van der Waals surface area contributed by atoms with Crippen LogP contribution in [0.25, 0.3) is 0 Å². The van der Waals surface area contributed by atoms with Crippen LogP contribution in [0, 0.1) is 11.7 Å². The van der Waals surface area contributed by atoms with Crippen molar-refractivity contribution >= 4 is 29.2 Å². The Morgan fingerprint density at radius 3 is 2.41 bits per heavy atom. The third kappa shape index (κ3) is 5.97. The number of hydrogen-bond donors (Lipinski definition) is 4. The number of nitrogens with one attached hydrogen (secondary N) is 3. The highest BCUT2D eigenvalue weighted by atomic mass is 19.1. The van der Waals surface area contributed by atoms with E-state index in [9.17, 15) is 4.39 Å². The van der Waals surface area contributed by atoms with Crippen molar-refractivity contribution in [2.24, 2.45) is 5.92 Å². The molecule has 1 unspecified atom stereocenters. The highest BCUT2D eigenvalue weighted by Crippen LogP contribution is 2.25. The van der Waals surface area contributed by atoms with Crippen LogP contribution in [0.1, 0.15) is 51.9 Å². The van der Waals surface area contributed by atoms with E-state index in [1.165, 1.54) is 51.0 Å². The summed E-state index contributed by atoms with van der Waals surface area (Å²) in [6.45, 7) is 5.98. The first kappa shape index (κ1) is 22.5. The largest absolute Gasteiger partial charge is 0.399 e. The molecule has 1 aliphatic heterocycles. The molecule has 5 N–H and O–H groups in total. The Bertz CT molecular complexity index is 886. The molecule has 9 heteroatoms. The minimum atomic E-state index is -0.443. The van der Waals surface area contributed by atoms with E-state index in [0.717, 1.165) is 26.2 Å². The number of halogens is 1. The summed E-state index contributed by atoms with van der Waals surface area (Å²) in [5, 5.41) is 9.75. The molecule has 0 spiro atoms. The minimum Gasteiger partial charge on any atom is -0.399 e. The lowest BCUT2D eigenvalue weighted by Crippen LogP contribution is -2.35. The summed E-state index contributed by atoms with van der Waals surface area (Å²) in [4.78, 5) is 16.1. The summed E-state index contributed by atoms with van der Waals surface area (Å²) in [7, 11) is 0. The van der Waals surface area contributed by atoms with Crippen molar-refractivity contribution in [2.75, 3.05) is 47.9 Å². The molecule has 1 aromatic carbocycles. The number of nitrogens with zero attached hydrogens (tertiary/aromatic N) is 4. The van der Waals surface area contributed by atoms with Crippen LogP contribution in [-0.4, -0.2) is 52.1 Å². The lowest BCUT2D eigenvalue weighted by Gasteiger charge is -2.23. The molecule has 1 aromatic heterocycles. The molecule has 1 saturated carbocycles. The van der Waals surface area contributed by atoms with Gasteiger partial charge in [-0.25, -0.2) is 4.39 Å². The van der Waals surface area contributed by atoms with Gasteiger partial charge in [-0.15, -0.1) is 0 Å². The fraction of sp³-hybridized carbons (Fsp3) is 0.609. The monoisotopic (exact) mass is 442 g/mol. The molecule has 2 aliphatic rings. The number of anilines is 5. The fourth-order valence-electron chi connectivity index (χ4n) is 4.72. The van der Waals surface area contributed by atoms with E-state index in [0.29, 0.717) is 35.5 Å². The molecule has 0 radical (unpaired) electrons. The summed E-state index contributed by atoms with van der Waals surface area (Å²) in [5.41, 5.74) is 6.32. The molecule has 2 heterocycles. The molecule has 4 rings (SSSR count). The van der Waals surface area contributed by atoms with Crippen LogP contribution in [0.3, 0.4) is 0 Å². The van der Waals surface area contributed by atoms with Gasteiger partial charge in [0.25, 0.3) is 0 Å². The van der Waals surface area contributed by atoms with Gasteiger partial charge in [0.1, 0.15) is 5.82 Å². The van der Waals surface area contributed by atoms with Gasteiger partial charge in [0.15, 0.2) is 0 Å². The third-order valence-electron chi connectivity index (χ3n) is 6.55.